The van der Waals surface area contributed by atoms with E-state index in [4.69, 9.17) is 14.4 Å². The average Bonchev–Trinajstić information content (AvgIpc) is 3.19. The molecule has 0 saturated heterocycles. The van der Waals surface area contributed by atoms with Gasteiger partial charge in [-0.15, -0.1) is 0 Å². The predicted octanol–water partition coefficient (Wildman–Crippen LogP) is 7.43. The maximum Gasteiger partial charge on any atom is 0.192 e. The van der Waals surface area contributed by atoms with Crippen molar-refractivity contribution in [3.63, 3.8) is 0 Å². The highest BCUT2D eigenvalue weighted by atomic mass is 32.1. The van der Waals surface area contributed by atoms with Crippen LogP contribution in [0, 0.1) is 6.92 Å². The van der Waals surface area contributed by atoms with Crippen molar-refractivity contribution in [1.82, 2.24) is 15.0 Å². The fraction of sp³-hybridized carbons (Fsp3) is 0.346. The van der Waals surface area contributed by atoms with Gasteiger partial charge in [0.05, 0.1) is 6.61 Å². The van der Waals surface area contributed by atoms with Crippen molar-refractivity contribution in [2.45, 2.75) is 52.4 Å². The molecule has 1 N–H and O–H groups in total. The van der Waals surface area contributed by atoms with Crippen LogP contribution in [0.15, 0.2) is 54.7 Å². The third-order valence-corrected chi connectivity index (χ3v) is 11.9. The molecule has 0 aliphatic rings. The second-order valence-corrected chi connectivity index (χ2v) is 15.9. The van der Waals surface area contributed by atoms with Crippen LogP contribution in [0.25, 0.3) is 10.3 Å². The quantitative estimate of drug-likeness (QED) is 0.271. The van der Waals surface area contributed by atoms with Crippen molar-refractivity contribution in [2.24, 2.45) is 0 Å². The third-order valence-electron chi connectivity index (χ3n) is 6.52. The van der Waals surface area contributed by atoms with Crippen molar-refractivity contribution in [3.8, 4) is 0 Å². The van der Waals surface area contributed by atoms with Crippen LogP contribution in [0.2, 0.25) is 18.1 Å². The highest BCUT2D eigenvalue weighted by Gasteiger charge is 2.37. The van der Waals surface area contributed by atoms with Crippen molar-refractivity contribution in [1.29, 1.82) is 0 Å². The van der Waals surface area contributed by atoms with Gasteiger partial charge < -0.3 is 14.6 Å². The van der Waals surface area contributed by atoms with Gasteiger partial charge >= 0.3 is 0 Å². The summed E-state index contributed by atoms with van der Waals surface area (Å²) >= 11 is 1.53. The van der Waals surface area contributed by atoms with E-state index in [-0.39, 0.29) is 5.04 Å². The minimum atomic E-state index is -1.86. The number of nitrogens with zero attached hydrogens (tertiary/aromatic N) is 4. The van der Waals surface area contributed by atoms with E-state index in [1.165, 1.54) is 16.9 Å². The van der Waals surface area contributed by atoms with Crippen LogP contribution >= 0.6 is 11.3 Å². The molecule has 0 amide bonds. The van der Waals surface area contributed by atoms with Gasteiger partial charge in [-0.25, -0.2) is 15.0 Å². The summed E-state index contributed by atoms with van der Waals surface area (Å²) in [7, 11) is 0.169. The Morgan fingerprint density at radius 2 is 1.76 bits per heavy atom. The van der Waals surface area contributed by atoms with E-state index in [0.29, 0.717) is 6.61 Å². The number of hydrogen-bond donors (Lipinski definition) is 1. The molecule has 0 radical (unpaired) electrons. The molecule has 8 heteroatoms. The van der Waals surface area contributed by atoms with Crippen molar-refractivity contribution < 1.29 is 4.43 Å². The Hall–Kier alpha value is -2.81. The Kier molecular flexibility index (Phi) is 6.75. The Balaban J connectivity index is 1.54. The van der Waals surface area contributed by atoms with E-state index >= 15 is 0 Å². The fourth-order valence-electron chi connectivity index (χ4n) is 3.19. The monoisotopic (exact) mass is 491 g/mol. The van der Waals surface area contributed by atoms with Crippen molar-refractivity contribution >= 4 is 52.5 Å². The van der Waals surface area contributed by atoms with Gasteiger partial charge in [0.1, 0.15) is 22.0 Å². The van der Waals surface area contributed by atoms with Gasteiger partial charge in [-0.2, -0.15) is 0 Å². The molecule has 6 nitrogen and oxygen atoms in total. The maximum atomic E-state index is 6.43. The number of aromatic nitrogens is 3. The van der Waals surface area contributed by atoms with E-state index < -0.39 is 8.32 Å². The normalized spacial score (nSPS) is 12.2. The maximum absolute atomic E-state index is 6.43. The second-order valence-electron chi connectivity index (χ2n) is 10.1. The summed E-state index contributed by atoms with van der Waals surface area (Å²) in [6.45, 7) is 13.9. The fourth-order valence-corrected chi connectivity index (χ4v) is 4.97. The van der Waals surface area contributed by atoms with Gasteiger partial charge in [-0.3, -0.25) is 0 Å². The summed E-state index contributed by atoms with van der Waals surface area (Å²) in [6.07, 6.45) is 1.79. The first kappa shape index (κ1) is 24.3. The Bertz CT molecular complexity index is 1280. The Labute approximate surface area is 207 Å². The van der Waals surface area contributed by atoms with Crippen LogP contribution in [0.5, 0.6) is 0 Å². The third kappa shape index (κ3) is 5.29. The molecule has 0 atom stereocenters. The lowest BCUT2D eigenvalue weighted by Crippen LogP contribution is -2.40. The molecule has 4 rings (SSSR count). The zero-order valence-corrected chi connectivity index (χ0v) is 22.8. The van der Waals surface area contributed by atoms with E-state index in [2.05, 4.69) is 86.3 Å². The highest BCUT2D eigenvalue weighted by Crippen LogP contribution is 2.37. The number of nitrogens with one attached hydrogen (secondary N) is 1. The molecule has 1 aromatic carbocycles. The summed E-state index contributed by atoms with van der Waals surface area (Å²) in [5.41, 5.74) is 4.23. The van der Waals surface area contributed by atoms with Crippen LogP contribution in [0.4, 0.5) is 22.5 Å². The molecule has 4 aromatic rings. The SMILES string of the molecule is Cc1ccc(N(C)c2ccc3nc(Nc4ncccc4CO[Si](C)(C)C(C)(C)C)sc3n2)cc1. The van der Waals surface area contributed by atoms with Crippen molar-refractivity contribution in [3.05, 3.63) is 65.9 Å². The molecule has 0 spiro atoms. The number of pyridine rings is 2. The summed E-state index contributed by atoms with van der Waals surface area (Å²) in [4.78, 5) is 17.1. The van der Waals surface area contributed by atoms with Crippen molar-refractivity contribution in [2.75, 3.05) is 17.3 Å². The number of hydrogen-bond acceptors (Lipinski definition) is 7. The van der Waals surface area contributed by atoms with Gasteiger partial charge in [-0.1, -0.05) is 55.9 Å². The number of rotatable bonds is 7. The van der Waals surface area contributed by atoms with Crippen LogP contribution in [0.3, 0.4) is 0 Å². The highest BCUT2D eigenvalue weighted by molar-refractivity contribution is 7.21. The summed E-state index contributed by atoms with van der Waals surface area (Å²) in [5.74, 6) is 1.66. The van der Waals surface area contributed by atoms with E-state index in [1.807, 2.05) is 25.2 Å². The summed E-state index contributed by atoms with van der Waals surface area (Å²) in [5, 5.41) is 4.33. The van der Waals surface area contributed by atoms with Crippen LogP contribution in [0.1, 0.15) is 31.9 Å². The van der Waals surface area contributed by atoms with Gasteiger partial charge in [0, 0.05) is 24.5 Å². The van der Waals surface area contributed by atoms with Gasteiger partial charge in [0.25, 0.3) is 0 Å². The number of aryl methyl sites for hydroxylation is 1. The molecular weight excluding hydrogens is 458 g/mol. The summed E-state index contributed by atoms with van der Waals surface area (Å²) < 4.78 is 6.43. The molecule has 34 heavy (non-hydrogen) atoms. The van der Waals surface area contributed by atoms with Gasteiger partial charge in [-0.05, 0) is 55.4 Å². The van der Waals surface area contributed by atoms with E-state index in [0.717, 1.165) is 38.4 Å². The molecule has 0 fully saturated rings. The minimum Gasteiger partial charge on any atom is -0.412 e. The van der Waals surface area contributed by atoms with Gasteiger partial charge in [0.2, 0.25) is 0 Å². The Morgan fingerprint density at radius 3 is 2.47 bits per heavy atom. The lowest BCUT2D eigenvalue weighted by Gasteiger charge is -2.36. The number of anilines is 4. The zero-order valence-electron chi connectivity index (χ0n) is 21.0. The average molecular weight is 492 g/mol. The van der Waals surface area contributed by atoms with Crippen LogP contribution in [-0.2, 0) is 11.0 Å². The number of fused-ring (bicyclic) bond motifs is 1. The largest absolute Gasteiger partial charge is 0.412 e. The molecule has 3 heterocycles. The number of benzene rings is 1. The molecule has 178 valence electrons. The molecular formula is C26H33N5OSSi. The molecule has 0 bridgehead atoms. The van der Waals surface area contributed by atoms with E-state index in [1.54, 1.807) is 6.20 Å². The van der Waals surface area contributed by atoms with Gasteiger partial charge in [0.15, 0.2) is 13.4 Å². The zero-order chi connectivity index (χ0) is 24.5. The predicted molar refractivity (Wildman–Crippen MR) is 146 cm³/mol. The number of thiazole rings is 1. The topological polar surface area (TPSA) is 63.2 Å². The second kappa shape index (κ2) is 9.44. The molecule has 0 aliphatic heterocycles. The first-order valence-electron chi connectivity index (χ1n) is 11.5. The first-order valence-corrected chi connectivity index (χ1v) is 15.2. The Morgan fingerprint density at radius 1 is 1.03 bits per heavy atom. The van der Waals surface area contributed by atoms with E-state index in [9.17, 15) is 0 Å². The summed E-state index contributed by atoms with van der Waals surface area (Å²) in [6, 6.07) is 16.5. The molecule has 0 unspecified atom stereocenters. The first-order chi connectivity index (χ1) is 16.0. The molecule has 0 saturated carbocycles. The lowest BCUT2D eigenvalue weighted by atomic mass is 10.2. The lowest BCUT2D eigenvalue weighted by molar-refractivity contribution is 0.276. The molecule has 3 aromatic heterocycles. The standard InChI is InChI=1S/C26H33N5OSSi/c1-18-10-12-20(13-11-18)31(5)22-15-14-21-24(29-22)33-25(28-21)30-23-19(9-8-16-27-23)17-32-34(6,7)26(2,3)4/h8-16H,17H2,1-7H3,(H,27,28,30). The molecule has 0 aliphatic carbocycles. The smallest absolute Gasteiger partial charge is 0.192 e. The van der Waals surface area contributed by atoms with Crippen LogP contribution < -0.4 is 10.2 Å². The van der Waals surface area contributed by atoms with Crippen LogP contribution in [-0.4, -0.2) is 30.3 Å². The minimum absolute atomic E-state index is 0.158.